The van der Waals surface area contributed by atoms with Gasteiger partial charge in [-0.15, -0.1) is 0 Å². The average molecular weight is 1130 g/mol. The fourth-order valence-corrected chi connectivity index (χ4v) is 8.84. The van der Waals surface area contributed by atoms with Crippen molar-refractivity contribution in [3.8, 4) is 0 Å². The van der Waals surface area contributed by atoms with Crippen LogP contribution in [0, 0.1) is 0 Å². The van der Waals surface area contributed by atoms with Gasteiger partial charge in [-0.3, -0.25) is 14.4 Å². The van der Waals surface area contributed by atoms with Crippen LogP contribution in [0.4, 0.5) is 0 Å². The summed E-state index contributed by atoms with van der Waals surface area (Å²) in [4.78, 5) is 38.3. The van der Waals surface area contributed by atoms with Gasteiger partial charge in [0.1, 0.15) is 13.2 Å². The Labute approximate surface area is 505 Å². The van der Waals surface area contributed by atoms with Crippen LogP contribution in [0.5, 0.6) is 0 Å². The number of hydrogen-bond acceptors (Lipinski definition) is 6. The number of esters is 3. The molecule has 0 aliphatic carbocycles. The van der Waals surface area contributed by atoms with E-state index >= 15 is 0 Å². The van der Waals surface area contributed by atoms with Crippen LogP contribution in [0.3, 0.4) is 0 Å². The molecule has 0 saturated heterocycles. The Morgan fingerprint density at radius 3 is 0.768 bits per heavy atom. The van der Waals surface area contributed by atoms with Crippen molar-refractivity contribution in [2.45, 2.75) is 290 Å². The first-order valence-corrected chi connectivity index (χ1v) is 33.5. The van der Waals surface area contributed by atoms with E-state index in [1.807, 2.05) is 0 Å². The van der Waals surface area contributed by atoms with Gasteiger partial charge in [0.25, 0.3) is 0 Å². The lowest BCUT2D eigenvalue weighted by molar-refractivity contribution is -0.167. The van der Waals surface area contributed by atoms with Gasteiger partial charge in [0.15, 0.2) is 6.10 Å². The molecular weight excluding hydrogens is 1010 g/mol. The van der Waals surface area contributed by atoms with E-state index in [0.717, 1.165) is 161 Å². The molecule has 0 aromatic rings. The number of rotatable bonds is 59. The van der Waals surface area contributed by atoms with E-state index in [0.29, 0.717) is 19.3 Å². The highest BCUT2D eigenvalue weighted by molar-refractivity contribution is 5.71. The number of hydrogen-bond donors (Lipinski definition) is 0. The molecule has 0 aromatic heterocycles. The Morgan fingerprint density at radius 2 is 0.476 bits per heavy atom. The molecule has 0 heterocycles. The second kappa shape index (κ2) is 68.5. The zero-order valence-electron chi connectivity index (χ0n) is 52.9. The van der Waals surface area contributed by atoms with Crippen LogP contribution in [0.15, 0.2) is 158 Å². The summed E-state index contributed by atoms with van der Waals surface area (Å²) in [5.74, 6) is -0.962. The molecule has 0 fully saturated rings. The topological polar surface area (TPSA) is 78.9 Å². The van der Waals surface area contributed by atoms with E-state index in [9.17, 15) is 14.4 Å². The molecule has 0 N–H and O–H groups in total. The van der Waals surface area contributed by atoms with Gasteiger partial charge in [-0.1, -0.05) is 294 Å². The van der Waals surface area contributed by atoms with Crippen LogP contribution < -0.4 is 0 Å². The van der Waals surface area contributed by atoms with Crippen molar-refractivity contribution in [1.29, 1.82) is 0 Å². The second-order valence-electron chi connectivity index (χ2n) is 21.6. The fraction of sp³-hybridized carbons (Fsp3) is 0.618. The summed E-state index contributed by atoms with van der Waals surface area (Å²) in [7, 11) is 0. The van der Waals surface area contributed by atoms with Crippen molar-refractivity contribution < 1.29 is 28.6 Å². The first kappa shape index (κ1) is 77.0. The Bertz CT molecular complexity index is 1830. The summed E-state index contributed by atoms with van der Waals surface area (Å²) in [5.41, 5.74) is 0. The smallest absolute Gasteiger partial charge is 0.306 e. The molecule has 0 aliphatic heterocycles. The van der Waals surface area contributed by atoms with Crippen LogP contribution >= 0.6 is 0 Å². The molecule has 0 saturated carbocycles. The van der Waals surface area contributed by atoms with Crippen molar-refractivity contribution in [1.82, 2.24) is 0 Å². The molecule has 0 amide bonds. The summed E-state index contributed by atoms with van der Waals surface area (Å²) in [6, 6.07) is 0. The van der Waals surface area contributed by atoms with E-state index in [4.69, 9.17) is 14.2 Å². The van der Waals surface area contributed by atoms with Crippen LogP contribution in [-0.2, 0) is 28.6 Å². The van der Waals surface area contributed by atoms with E-state index in [-0.39, 0.29) is 31.1 Å². The molecular formula is C76H122O6. The van der Waals surface area contributed by atoms with Gasteiger partial charge in [-0.2, -0.15) is 0 Å². The predicted molar refractivity (Wildman–Crippen MR) is 357 cm³/mol. The van der Waals surface area contributed by atoms with Crippen molar-refractivity contribution in [2.75, 3.05) is 13.2 Å². The van der Waals surface area contributed by atoms with Gasteiger partial charge in [0, 0.05) is 19.3 Å². The Kier molecular flexibility index (Phi) is 64.4. The fourth-order valence-electron chi connectivity index (χ4n) is 8.84. The molecule has 0 spiro atoms. The first-order chi connectivity index (χ1) is 40.5. The van der Waals surface area contributed by atoms with Crippen LogP contribution in [-0.4, -0.2) is 37.2 Å². The summed E-state index contributed by atoms with van der Waals surface area (Å²) in [6.07, 6.45) is 99.7. The highest BCUT2D eigenvalue weighted by Gasteiger charge is 2.19. The van der Waals surface area contributed by atoms with Gasteiger partial charge >= 0.3 is 17.9 Å². The predicted octanol–water partition coefficient (Wildman–Crippen LogP) is 23.3. The SMILES string of the molecule is CC/C=C\C/C=C\C/C=C\C/C=C\C/C=C\C/C=C\C/C=C\C/C=C\C/C=C\CCCCCCCC(=O)OCC(COC(=O)CCCC/C=C\C/C=C\C/C=C\C/C=C\CC)OC(=O)CCCCCCCCCCCCCCCCCC. The summed E-state index contributed by atoms with van der Waals surface area (Å²) in [6.45, 7) is 6.37. The lowest BCUT2D eigenvalue weighted by atomic mass is 10.0. The van der Waals surface area contributed by atoms with Gasteiger partial charge in [0.2, 0.25) is 0 Å². The molecule has 6 nitrogen and oxygen atoms in total. The molecule has 6 heteroatoms. The third kappa shape index (κ3) is 65.8. The number of carbonyl (C=O) groups is 3. The number of allylic oxidation sites excluding steroid dienone is 26. The highest BCUT2D eigenvalue weighted by atomic mass is 16.6. The van der Waals surface area contributed by atoms with Crippen molar-refractivity contribution >= 4 is 17.9 Å². The minimum absolute atomic E-state index is 0.105. The summed E-state index contributed by atoms with van der Waals surface area (Å²) in [5, 5.41) is 0. The van der Waals surface area contributed by atoms with Crippen LogP contribution in [0.25, 0.3) is 0 Å². The summed E-state index contributed by atoms with van der Waals surface area (Å²) >= 11 is 0. The summed E-state index contributed by atoms with van der Waals surface area (Å²) < 4.78 is 16.9. The Hall–Kier alpha value is -4.97. The lowest BCUT2D eigenvalue weighted by Crippen LogP contribution is -2.30. The van der Waals surface area contributed by atoms with Crippen LogP contribution in [0.2, 0.25) is 0 Å². The first-order valence-electron chi connectivity index (χ1n) is 33.5. The average Bonchev–Trinajstić information content (AvgIpc) is 3.47. The van der Waals surface area contributed by atoms with Gasteiger partial charge < -0.3 is 14.2 Å². The molecule has 0 rings (SSSR count). The second-order valence-corrected chi connectivity index (χ2v) is 21.6. The third-order valence-corrected chi connectivity index (χ3v) is 13.8. The Balaban J connectivity index is 4.38. The lowest BCUT2D eigenvalue weighted by Gasteiger charge is -2.18. The van der Waals surface area contributed by atoms with Crippen molar-refractivity contribution in [2.24, 2.45) is 0 Å². The molecule has 1 unspecified atom stereocenters. The molecule has 0 aromatic carbocycles. The van der Waals surface area contributed by atoms with Crippen molar-refractivity contribution in [3.63, 3.8) is 0 Å². The molecule has 0 aliphatic rings. The Morgan fingerprint density at radius 1 is 0.256 bits per heavy atom. The zero-order valence-corrected chi connectivity index (χ0v) is 52.9. The molecule has 1 atom stereocenters. The maximum Gasteiger partial charge on any atom is 0.306 e. The standard InChI is InChI=1S/C76H122O6/c1-4-7-10-13-16-19-22-25-28-30-31-32-33-34-35-36-37-38-39-40-41-42-43-44-45-46-49-51-54-57-60-63-66-69-75(78)81-72-73(71-80-74(77)68-65-62-59-56-53-50-47-27-24-21-18-15-12-9-6-3)82-76(79)70-67-64-61-58-55-52-48-29-26-23-20-17-14-11-8-5-2/h7,9-10,12,16,18-19,21,25,27-28,31-32,34-35,37-38,40-41,43-44,46-47,49,53,56,73H,4-6,8,11,13-15,17,20,22-24,26,29-30,33,36,39,42,45,48,50-52,54-55,57-72H2,1-3H3/b10-7-,12-9-,19-16-,21-18-,28-25-,32-31-,35-34-,38-37-,41-40-,44-43-,47-27-,49-46-,56-53-. The molecule has 0 bridgehead atoms. The largest absolute Gasteiger partial charge is 0.462 e. The number of carbonyl (C=O) groups excluding carboxylic acids is 3. The van der Waals surface area contributed by atoms with Gasteiger partial charge in [-0.05, 0) is 128 Å². The molecule has 0 radical (unpaired) electrons. The number of ether oxygens (including phenoxy) is 3. The highest BCUT2D eigenvalue weighted by Crippen LogP contribution is 2.16. The zero-order chi connectivity index (χ0) is 59.2. The number of unbranched alkanes of at least 4 members (excludes halogenated alkanes) is 22. The van der Waals surface area contributed by atoms with Gasteiger partial charge in [0.05, 0.1) is 0 Å². The minimum Gasteiger partial charge on any atom is -0.462 e. The van der Waals surface area contributed by atoms with E-state index in [2.05, 4.69) is 179 Å². The van der Waals surface area contributed by atoms with E-state index in [1.165, 1.54) is 83.5 Å². The maximum atomic E-state index is 12.9. The quantitative estimate of drug-likeness (QED) is 0.0261. The monoisotopic (exact) mass is 1130 g/mol. The van der Waals surface area contributed by atoms with Crippen molar-refractivity contribution in [3.05, 3.63) is 158 Å². The van der Waals surface area contributed by atoms with E-state index < -0.39 is 6.10 Å². The normalized spacial score (nSPS) is 13.2. The minimum atomic E-state index is -0.809. The maximum absolute atomic E-state index is 12.9. The molecule has 462 valence electrons. The van der Waals surface area contributed by atoms with Gasteiger partial charge in [-0.25, -0.2) is 0 Å². The third-order valence-electron chi connectivity index (χ3n) is 13.8. The van der Waals surface area contributed by atoms with Crippen LogP contribution in [0.1, 0.15) is 284 Å². The molecule has 82 heavy (non-hydrogen) atoms. The van der Waals surface area contributed by atoms with E-state index in [1.54, 1.807) is 0 Å².